The van der Waals surface area contributed by atoms with Crippen LogP contribution in [0.4, 0.5) is 8.78 Å². The molecule has 104 valence electrons. The van der Waals surface area contributed by atoms with Crippen LogP contribution in [-0.2, 0) is 6.54 Å². The Kier molecular flexibility index (Phi) is 7.95. The molecule has 2 aromatic rings. The SMILES string of the molecule is C.COc1ccc(CN)cn1.Fc1cccnc1F. The van der Waals surface area contributed by atoms with Gasteiger partial charge in [0.25, 0.3) is 0 Å². The first-order valence-electron chi connectivity index (χ1n) is 5.12. The van der Waals surface area contributed by atoms with Crippen LogP contribution in [-0.4, -0.2) is 17.1 Å². The Morgan fingerprint density at radius 3 is 2.32 bits per heavy atom. The maximum Gasteiger partial charge on any atom is 0.248 e. The lowest BCUT2D eigenvalue weighted by Crippen LogP contribution is -1.97. The second-order valence-corrected chi connectivity index (χ2v) is 3.19. The van der Waals surface area contributed by atoms with E-state index in [2.05, 4.69) is 9.97 Å². The van der Waals surface area contributed by atoms with Gasteiger partial charge in [-0.3, -0.25) is 0 Å². The fraction of sp³-hybridized carbons (Fsp3) is 0.231. The summed E-state index contributed by atoms with van der Waals surface area (Å²) in [6.07, 6.45) is 2.90. The average Bonchev–Trinajstić information content (AvgIpc) is 2.43. The van der Waals surface area contributed by atoms with Crippen molar-refractivity contribution in [2.75, 3.05) is 7.11 Å². The Hall–Kier alpha value is -2.08. The highest BCUT2D eigenvalue weighted by molar-refractivity contribution is 5.17. The third-order valence-corrected chi connectivity index (χ3v) is 1.96. The minimum Gasteiger partial charge on any atom is -0.481 e. The number of ether oxygens (including phenoxy) is 1. The number of pyridine rings is 2. The number of nitrogens with two attached hydrogens (primary N) is 1. The molecule has 4 nitrogen and oxygen atoms in total. The molecule has 2 heterocycles. The van der Waals surface area contributed by atoms with E-state index in [0.717, 1.165) is 11.6 Å². The second kappa shape index (κ2) is 8.93. The van der Waals surface area contributed by atoms with Gasteiger partial charge in [0.2, 0.25) is 11.8 Å². The first-order valence-corrected chi connectivity index (χ1v) is 5.12. The van der Waals surface area contributed by atoms with Crippen LogP contribution >= 0.6 is 0 Å². The summed E-state index contributed by atoms with van der Waals surface area (Å²) in [5, 5.41) is 0. The predicted molar refractivity (Wildman–Crippen MR) is 69.6 cm³/mol. The van der Waals surface area contributed by atoms with E-state index in [1.165, 1.54) is 12.3 Å². The van der Waals surface area contributed by atoms with Crippen LogP contribution in [0.15, 0.2) is 36.7 Å². The lowest BCUT2D eigenvalue weighted by molar-refractivity contribution is 0.397. The van der Waals surface area contributed by atoms with Gasteiger partial charge in [-0.25, -0.2) is 14.4 Å². The summed E-state index contributed by atoms with van der Waals surface area (Å²) in [5.41, 5.74) is 6.38. The summed E-state index contributed by atoms with van der Waals surface area (Å²) < 4.78 is 28.6. The molecule has 0 radical (unpaired) electrons. The van der Waals surface area contributed by atoms with E-state index in [1.807, 2.05) is 6.07 Å². The van der Waals surface area contributed by atoms with Gasteiger partial charge in [-0.2, -0.15) is 4.39 Å². The zero-order chi connectivity index (χ0) is 13.4. The van der Waals surface area contributed by atoms with E-state index in [1.54, 1.807) is 19.4 Å². The Morgan fingerprint density at radius 2 is 1.95 bits per heavy atom. The van der Waals surface area contributed by atoms with Crippen molar-refractivity contribution in [3.63, 3.8) is 0 Å². The molecule has 2 N–H and O–H groups in total. The summed E-state index contributed by atoms with van der Waals surface area (Å²) in [4.78, 5) is 7.00. The maximum absolute atomic E-state index is 11.9. The van der Waals surface area contributed by atoms with Gasteiger partial charge in [0.05, 0.1) is 7.11 Å². The van der Waals surface area contributed by atoms with Gasteiger partial charge in [0.15, 0.2) is 5.82 Å². The van der Waals surface area contributed by atoms with Crippen molar-refractivity contribution in [2.24, 2.45) is 5.73 Å². The van der Waals surface area contributed by atoms with E-state index < -0.39 is 11.8 Å². The molecule has 0 aliphatic heterocycles. The Balaban J connectivity index is 0.000000331. The number of rotatable bonds is 2. The van der Waals surface area contributed by atoms with Gasteiger partial charge in [-0.15, -0.1) is 0 Å². The smallest absolute Gasteiger partial charge is 0.248 e. The molecular weight excluding hydrogens is 252 g/mol. The fourth-order valence-corrected chi connectivity index (χ4v) is 1.02. The number of aromatic nitrogens is 2. The average molecular weight is 269 g/mol. The zero-order valence-electron chi connectivity index (χ0n) is 9.81. The summed E-state index contributed by atoms with van der Waals surface area (Å²) in [6, 6.07) is 6.04. The largest absolute Gasteiger partial charge is 0.481 e. The molecule has 0 bridgehead atoms. The molecule has 0 aliphatic carbocycles. The van der Waals surface area contributed by atoms with E-state index in [4.69, 9.17) is 10.5 Å². The molecule has 6 heteroatoms. The van der Waals surface area contributed by atoms with Crippen LogP contribution in [0, 0.1) is 11.8 Å². The Morgan fingerprint density at radius 1 is 1.21 bits per heavy atom. The van der Waals surface area contributed by atoms with Crippen LogP contribution in [0.1, 0.15) is 13.0 Å². The van der Waals surface area contributed by atoms with Crippen LogP contribution in [0.2, 0.25) is 0 Å². The van der Waals surface area contributed by atoms with E-state index in [9.17, 15) is 8.78 Å². The highest BCUT2D eigenvalue weighted by Crippen LogP contribution is 2.05. The van der Waals surface area contributed by atoms with Crippen LogP contribution in [0.3, 0.4) is 0 Å². The lowest BCUT2D eigenvalue weighted by Gasteiger charge is -1.98. The molecule has 0 saturated carbocycles. The third kappa shape index (κ3) is 5.87. The molecule has 0 saturated heterocycles. The number of halogens is 2. The van der Waals surface area contributed by atoms with E-state index in [-0.39, 0.29) is 7.43 Å². The summed E-state index contributed by atoms with van der Waals surface area (Å²) in [6.45, 7) is 0.525. The number of hydrogen-bond donors (Lipinski definition) is 1. The van der Waals surface area contributed by atoms with Gasteiger partial charge in [-0.05, 0) is 17.7 Å². The zero-order valence-corrected chi connectivity index (χ0v) is 9.81. The van der Waals surface area contributed by atoms with E-state index in [0.29, 0.717) is 12.4 Å². The van der Waals surface area contributed by atoms with E-state index >= 15 is 0 Å². The molecule has 0 atom stereocenters. The summed E-state index contributed by atoms with van der Waals surface area (Å²) in [5.74, 6) is -1.34. The van der Waals surface area contributed by atoms with Gasteiger partial charge in [-0.1, -0.05) is 13.5 Å². The molecule has 0 unspecified atom stereocenters. The standard InChI is InChI=1S/C7H10N2O.C5H3F2N.CH4/c1-10-7-3-2-6(4-8)5-9-7;6-4-2-1-3-8-5(4)7;/h2-3,5H,4,8H2,1H3;1-3H;1H4. The van der Waals surface area contributed by atoms with Crippen molar-refractivity contribution < 1.29 is 13.5 Å². The normalized spacial score (nSPS) is 8.84. The quantitative estimate of drug-likeness (QED) is 0.851. The topological polar surface area (TPSA) is 61.0 Å². The molecule has 19 heavy (non-hydrogen) atoms. The second-order valence-electron chi connectivity index (χ2n) is 3.19. The van der Waals surface area contributed by atoms with Gasteiger partial charge >= 0.3 is 0 Å². The number of nitrogens with zero attached hydrogens (tertiary/aromatic N) is 2. The molecule has 0 aliphatic rings. The summed E-state index contributed by atoms with van der Waals surface area (Å²) in [7, 11) is 1.59. The molecule has 0 fully saturated rings. The monoisotopic (exact) mass is 269 g/mol. The number of hydrogen-bond acceptors (Lipinski definition) is 4. The fourth-order valence-electron chi connectivity index (χ4n) is 1.02. The van der Waals surface area contributed by atoms with Crippen molar-refractivity contribution in [3.8, 4) is 5.88 Å². The maximum atomic E-state index is 11.9. The minimum absolute atomic E-state index is 0. The number of methoxy groups -OCH3 is 1. The molecule has 0 spiro atoms. The van der Waals surface area contributed by atoms with Crippen LogP contribution in [0.25, 0.3) is 0 Å². The van der Waals surface area contributed by atoms with Crippen molar-refractivity contribution in [3.05, 3.63) is 54.0 Å². The van der Waals surface area contributed by atoms with Crippen molar-refractivity contribution in [2.45, 2.75) is 14.0 Å². The first-order chi connectivity index (χ1) is 8.67. The van der Waals surface area contributed by atoms with Gasteiger partial charge in [0.1, 0.15) is 0 Å². The van der Waals surface area contributed by atoms with Gasteiger partial charge < -0.3 is 10.5 Å². The highest BCUT2D eigenvalue weighted by atomic mass is 19.2. The molecule has 2 aromatic heterocycles. The lowest BCUT2D eigenvalue weighted by atomic mass is 10.3. The Labute approximate surface area is 111 Å². The minimum atomic E-state index is -1.05. The molecule has 0 aromatic carbocycles. The summed E-state index contributed by atoms with van der Waals surface area (Å²) >= 11 is 0. The Bertz CT molecular complexity index is 434. The van der Waals surface area contributed by atoms with Crippen molar-refractivity contribution >= 4 is 0 Å². The van der Waals surface area contributed by atoms with Crippen LogP contribution < -0.4 is 10.5 Å². The molecule has 0 amide bonds. The van der Waals surface area contributed by atoms with Crippen molar-refractivity contribution in [1.82, 2.24) is 9.97 Å². The third-order valence-electron chi connectivity index (χ3n) is 1.96. The van der Waals surface area contributed by atoms with Crippen LogP contribution in [0.5, 0.6) is 5.88 Å². The van der Waals surface area contributed by atoms with Gasteiger partial charge in [0, 0.05) is 25.0 Å². The molecular formula is C13H17F2N3O. The molecule has 2 rings (SSSR count). The first kappa shape index (κ1) is 16.9. The predicted octanol–water partition coefficient (Wildman–Crippen LogP) is 2.54. The highest BCUT2D eigenvalue weighted by Gasteiger charge is 1.95. The van der Waals surface area contributed by atoms with Crippen molar-refractivity contribution in [1.29, 1.82) is 0 Å².